The molecule has 2 N–H and O–H groups in total. The Hall–Kier alpha value is -2.66. The van der Waals surface area contributed by atoms with Crippen LogP contribution >= 0.6 is 0 Å². The summed E-state index contributed by atoms with van der Waals surface area (Å²) in [6, 6.07) is 14.7. The summed E-state index contributed by atoms with van der Waals surface area (Å²) in [4.78, 5) is 24.9. The maximum atomic E-state index is 12.7. The average Bonchev–Trinajstić information content (AvgIpc) is 3.16. The van der Waals surface area contributed by atoms with Crippen LogP contribution in [0.4, 0.5) is 11.4 Å². The Kier molecular flexibility index (Phi) is 5.61. The molecule has 1 aliphatic heterocycles. The van der Waals surface area contributed by atoms with E-state index in [1.807, 2.05) is 24.3 Å². The van der Waals surface area contributed by atoms with E-state index in [1.54, 1.807) is 24.3 Å². The van der Waals surface area contributed by atoms with Crippen LogP contribution in [0.1, 0.15) is 49.5 Å². The van der Waals surface area contributed by atoms with Gasteiger partial charge >= 0.3 is 0 Å². The molecule has 142 valence electrons. The molecule has 5 heteroatoms. The van der Waals surface area contributed by atoms with Crippen molar-refractivity contribution in [2.24, 2.45) is 0 Å². The van der Waals surface area contributed by atoms with Crippen molar-refractivity contribution >= 4 is 23.2 Å². The number of hydrogen-bond donors (Lipinski definition) is 2. The molecule has 2 aromatic carbocycles. The van der Waals surface area contributed by atoms with E-state index in [-0.39, 0.29) is 17.2 Å². The van der Waals surface area contributed by atoms with Gasteiger partial charge < -0.3 is 15.4 Å². The van der Waals surface area contributed by atoms with Gasteiger partial charge in [-0.25, -0.2) is 0 Å². The number of benzene rings is 2. The number of para-hydroxylation sites is 1. The lowest BCUT2D eigenvalue weighted by atomic mass is 9.86. The SMILES string of the molecule is CC(C)(C)c1ccccc1NC(=O)c1cccc(NC(=O)[C@H]2CCCO2)c1. The normalized spacial score (nSPS) is 16.8. The van der Waals surface area contributed by atoms with Gasteiger partial charge in [0.15, 0.2) is 0 Å². The fourth-order valence-corrected chi connectivity index (χ4v) is 3.19. The van der Waals surface area contributed by atoms with Crippen molar-refractivity contribution < 1.29 is 14.3 Å². The Labute approximate surface area is 160 Å². The maximum Gasteiger partial charge on any atom is 0.255 e. The predicted octanol–water partition coefficient (Wildman–Crippen LogP) is 4.35. The van der Waals surface area contributed by atoms with Gasteiger partial charge in [0.05, 0.1) is 0 Å². The van der Waals surface area contributed by atoms with Crippen LogP contribution in [0, 0.1) is 0 Å². The molecule has 1 fully saturated rings. The molecule has 0 aromatic heterocycles. The molecular weight excluding hydrogens is 340 g/mol. The Morgan fingerprint density at radius 3 is 2.52 bits per heavy atom. The van der Waals surface area contributed by atoms with E-state index in [0.717, 1.165) is 24.1 Å². The average molecular weight is 366 g/mol. The standard InChI is InChI=1S/C22H26N2O3/c1-22(2,3)17-10-4-5-11-18(17)24-20(25)15-8-6-9-16(14-15)23-21(26)19-12-7-13-27-19/h4-6,8-11,14,19H,7,12-13H2,1-3H3,(H,23,26)(H,24,25)/t19-/m1/s1. The minimum Gasteiger partial charge on any atom is -0.368 e. The van der Waals surface area contributed by atoms with Gasteiger partial charge in [0, 0.05) is 23.5 Å². The Bertz CT molecular complexity index is 833. The van der Waals surface area contributed by atoms with Crippen molar-refractivity contribution in [2.45, 2.75) is 45.1 Å². The number of carbonyl (C=O) groups excluding carboxylic acids is 2. The highest BCUT2D eigenvalue weighted by molar-refractivity contribution is 6.06. The molecule has 0 bridgehead atoms. The van der Waals surface area contributed by atoms with Crippen LogP contribution in [0.25, 0.3) is 0 Å². The number of anilines is 2. The van der Waals surface area contributed by atoms with E-state index in [1.165, 1.54) is 0 Å². The molecule has 1 aliphatic rings. The van der Waals surface area contributed by atoms with Gasteiger partial charge in [-0.2, -0.15) is 0 Å². The predicted molar refractivity (Wildman–Crippen MR) is 107 cm³/mol. The number of amides is 2. The number of ether oxygens (including phenoxy) is 1. The molecular formula is C22H26N2O3. The topological polar surface area (TPSA) is 67.4 Å². The quantitative estimate of drug-likeness (QED) is 0.845. The monoisotopic (exact) mass is 366 g/mol. The summed E-state index contributed by atoms with van der Waals surface area (Å²) in [7, 11) is 0. The summed E-state index contributed by atoms with van der Waals surface area (Å²) in [6.45, 7) is 6.95. The van der Waals surface area contributed by atoms with Gasteiger partial charge in [0.25, 0.3) is 11.8 Å². The van der Waals surface area contributed by atoms with Crippen LogP contribution in [0.2, 0.25) is 0 Å². The number of rotatable bonds is 4. The van der Waals surface area contributed by atoms with Crippen molar-refractivity contribution in [1.29, 1.82) is 0 Å². The lowest BCUT2D eigenvalue weighted by Crippen LogP contribution is -2.27. The summed E-state index contributed by atoms with van der Waals surface area (Å²) >= 11 is 0. The second kappa shape index (κ2) is 7.92. The third-order valence-electron chi connectivity index (χ3n) is 4.60. The largest absolute Gasteiger partial charge is 0.368 e. The van der Waals surface area contributed by atoms with Gasteiger partial charge in [0.2, 0.25) is 0 Å². The Balaban J connectivity index is 1.74. The van der Waals surface area contributed by atoms with Crippen molar-refractivity contribution in [3.8, 4) is 0 Å². The second-order valence-corrected chi connectivity index (χ2v) is 7.82. The van der Waals surface area contributed by atoms with Crippen LogP contribution in [-0.2, 0) is 14.9 Å². The van der Waals surface area contributed by atoms with E-state index < -0.39 is 6.10 Å². The van der Waals surface area contributed by atoms with Crippen LogP contribution in [0.3, 0.4) is 0 Å². The van der Waals surface area contributed by atoms with Gasteiger partial charge in [-0.1, -0.05) is 45.0 Å². The molecule has 1 saturated heterocycles. The van der Waals surface area contributed by atoms with Crippen LogP contribution < -0.4 is 10.6 Å². The van der Waals surface area contributed by atoms with Crippen LogP contribution in [-0.4, -0.2) is 24.5 Å². The van der Waals surface area contributed by atoms with Crippen molar-refractivity contribution in [1.82, 2.24) is 0 Å². The zero-order valence-corrected chi connectivity index (χ0v) is 16.0. The van der Waals surface area contributed by atoms with Gasteiger partial charge in [0.1, 0.15) is 6.10 Å². The molecule has 0 aliphatic carbocycles. The molecule has 2 aromatic rings. The van der Waals surface area contributed by atoms with Gasteiger partial charge in [-0.15, -0.1) is 0 Å². The van der Waals surface area contributed by atoms with E-state index in [9.17, 15) is 9.59 Å². The van der Waals surface area contributed by atoms with Crippen molar-refractivity contribution in [3.63, 3.8) is 0 Å². The first kappa shape index (κ1) is 19.1. The first-order valence-electron chi connectivity index (χ1n) is 9.28. The fourth-order valence-electron chi connectivity index (χ4n) is 3.19. The molecule has 1 heterocycles. The summed E-state index contributed by atoms with van der Waals surface area (Å²) in [5.74, 6) is -0.372. The third-order valence-corrected chi connectivity index (χ3v) is 4.60. The summed E-state index contributed by atoms with van der Waals surface area (Å²) in [6.07, 6.45) is 1.23. The van der Waals surface area contributed by atoms with Gasteiger partial charge in [-0.05, 0) is 48.1 Å². The maximum absolute atomic E-state index is 12.7. The minimum absolute atomic E-state index is 0.0824. The van der Waals surface area contributed by atoms with E-state index in [4.69, 9.17) is 4.74 Å². The fraction of sp³-hybridized carbons (Fsp3) is 0.364. The van der Waals surface area contributed by atoms with Crippen molar-refractivity contribution in [3.05, 3.63) is 59.7 Å². The highest BCUT2D eigenvalue weighted by atomic mass is 16.5. The highest BCUT2D eigenvalue weighted by Gasteiger charge is 2.24. The van der Waals surface area contributed by atoms with Crippen LogP contribution in [0.15, 0.2) is 48.5 Å². The molecule has 2 amide bonds. The lowest BCUT2D eigenvalue weighted by Gasteiger charge is -2.23. The number of hydrogen-bond acceptors (Lipinski definition) is 3. The minimum atomic E-state index is -0.402. The van der Waals surface area contributed by atoms with Crippen molar-refractivity contribution in [2.75, 3.05) is 17.2 Å². The zero-order chi connectivity index (χ0) is 19.4. The first-order valence-corrected chi connectivity index (χ1v) is 9.28. The summed E-state index contributed by atoms with van der Waals surface area (Å²) < 4.78 is 5.40. The molecule has 5 nitrogen and oxygen atoms in total. The Morgan fingerprint density at radius 2 is 1.81 bits per heavy atom. The smallest absolute Gasteiger partial charge is 0.255 e. The highest BCUT2D eigenvalue weighted by Crippen LogP contribution is 2.29. The molecule has 27 heavy (non-hydrogen) atoms. The first-order chi connectivity index (χ1) is 12.8. The molecule has 1 atom stereocenters. The third kappa shape index (κ3) is 4.74. The molecule has 0 radical (unpaired) electrons. The van der Waals surface area contributed by atoms with Crippen LogP contribution in [0.5, 0.6) is 0 Å². The Morgan fingerprint density at radius 1 is 1.04 bits per heavy atom. The zero-order valence-electron chi connectivity index (χ0n) is 16.0. The number of carbonyl (C=O) groups is 2. The molecule has 0 saturated carbocycles. The summed E-state index contributed by atoms with van der Waals surface area (Å²) in [5.41, 5.74) is 2.86. The lowest BCUT2D eigenvalue weighted by molar-refractivity contribution is -0.124. The molecule has 0 spiro atoms. The summed E-state index contributed by atoms with van der Waals surface area (Å²) in [5, 5.41) is 5.83. The second-order valence-electron chi connectivity index (χ2n) is 7.82. The van der Waals surface area contributed by atoms with E-state index in [0.29, 0.717) is 17.9 Å². The van der Waals surface area contributed by atoms with E-state index in [2.05, 4.69) is 31.4 Å². The molecule has 0 unspecified atom stereocenters. The number of nitrogens with one attached hydrogen (secondary N) is 2. The van der Waals surface area contributed by atoms with Gasteiger partial charge in [-0.3, -0.25) is 9.59 Å². The van der Waals surface area contributed by atoms with E-state index >= 15 is 0 Å². The molecule has 3 rings (SSSR count).